The third-order valence-corrected chi connectivity index (χ3v) is 5.13. The van der Waals surface area contributed by atoms with Gasteiger partial charge in [-0.3, -0.25) is 10.00 Å². The van der Waals surface area contributed by atoms with Crippen molar-refractivity contribution in [2.75, 3.05) is 25.0 Å². The molecule has 0 unspecified atom stereocenters. The summed E-state index contributed by atoms with van der Waals surface area (Å²) in [6.45, 7) is 5.60. The molecule has 27 heavy (non-hydrogen) atoms. The lowest BCUT2D eigenvalue weighted by Crippen LogP contribution is -2.39. The van der Waals surface area contributed by atoms with Crippen LogP contribution in [0.25, 0.3) is 10.9 Å². The number of nitrogens with zero attached hydrogens (tertiary/aromatic N) is 2. The van der Waals surface area contributed by atoms with Gasteiger partial charge in [0, 0.05) is 17.6 Å². The molecule has 0 bridgehead atoms. The first kappa shape index (κ1) is 17.6. The normalized spacial score (nSPS) is 15.9. The standard InChI is InChI=1S/C20H25N5O2/c1-14-2-5-18(27-14)13-25-8-6-15(7-9-25)11-21-20(26)23-17-4-3-16-12-22-24-19(16)10-17/h2-5,10,12,15H,6-9,11,13H2,1H3,(H,22,24)(H2,21,23,26). The zero-order chi connectivity index (χ0) is 18.6. The van der Waals surface area contributed by atoms with Gasteiger partial charge in [-0.05, 0) is 69.1 Å². The van der Waals surface area contributed by atoms with Crippen molar-refractivity contribution in [3.8, 4) is 0 Å². The lowest BCUT2D eigenvalue weighted by atomic mass is 9.97. The van der Waals surface area contributed by atoms with Gasteiger partial charge in [-0.1, -0.05) is 0 Å². The maximum atomic E-state index is 12.2. The lowest BCUT2D eigenvalue weighted by molar-refractivity contribution is 0.165. The van der Waals surface area contributed by atoms with Crippen molar-refractivity contribution in [1.29, 1.82) is 0 Å². The zero-order valence-electron chi connectivity index (χ0n) is 15.5. The van der Waals surface area contributed by atoms with Gasteiger partial charge >= 0.3 is 6.03 Å². The van der Waals surface area contributed by atoms with Crippen molar-refractivity contribution in [1.82, 2.24) is 20.4 Å². The second kappa shape index (κ2) is 7.84. The Hall–Kier alpha value is -2.80. The van der Waals surface area contributed by atoms with E-state index in [1.165, 1.54) is 0 Å². The van der Waals surface area contributed by atoms with Crippen molar-refractivity contribution < 1.29 is 9.21 Å². The number of aromatic amines is 1. The monoisotopic (exact) mass is 367 g/mol. The number of rotatable bonds is 5. The summed E-state index contributed by atoms with van der Waals surface area (Å²) < 4.78 is 5.66. The van der Waals surface area contributed by atoms with E-state index < -0.39 is 0 Å². The minimum atomic E-state index is -0.164. The minimum Gasteiger partial charge on any atom is -0.465 e. The number of hydrogen-bond acceptors (Lipinski definition) is 4. The van der Waals surface area contributed by atoms with Crippen LogP contribution in [0.15, 0.2) is 40.9 Å². The zero-order valence-corrected chi connectivity index (χ0v) is 15.5. The van der Waals surface area contributed by atoms with Crippen molar-refractivity contribution in [3.05, 3.63) is 48.0 Å². The molecule has 142 valence electrons. The van der Waals surface area contributed by atoms with E-state index in [-0.39, 0.29) is 6.03 Å². The Balaban J connectivity index is 1.19. The molecule has 7 heteroatoms. The second-order valence-electron chi connectivity index (χ2n) is 7.24. The molecule has 3 N–H and O–H groups in total. The maximum Gasteiger partial charge on any atom is 0.319 e. The number of anilines is 1. The van der Waals surface area contributed by atoms with Crippen LogP contribution in [0.3, 0.4) is 0 Å². The van der Waals surface area contributed by atoms with E-state index in [0.717, 1.165) is 60.6 Å². The SMILES string of the molecule is Cc1ccc(CN2CCC(CNC(=O)Nc3ccc4cn[nH]c4c3)CC2)o1. The van der Waals surface area contributed by atoms with Crippen LogP contribution in [0.4, 0.5) is 10.5 Å². The van der Waals surface area contributed by atoms with Gasteiger partial charge in [0.05, 0.1) is 18.3 Å². The molecule has 0 saturated carbocycles. The topological polar surface area (TPSA) is 86.2 Å². The van der Waals surface area contributed by atoms with Crippen LogP contribution in [-0.2, 0) is 6.54 Å². The molecule has 0 radical (unpaired) electrons. The van der Waals surface area contributed by atoms with Crippen LogP contribution < -0.4 is 10.6 Å². The van der Waals surface area contributed by atoms with E-state index in [1.807, 2.05) is 37.3 Å². The fourth-order valence-electron chi connectivity index (χ4n) is 3.57. The minimum absolute atomic E-state index is 0.164. The number of hydrogen-bond donors (Lipinski definition) is 3. The molecule has 3 heterocycles. The smallest absolute Gasteiger partial charge is 0.319 e. The molecule has 1 aliphatic heterocycles. The summed E-state index contributed by atoms with van der Waals surface area (Å²) >= 11 is 0. The molecule has 0 spiro atoms. The molecule has 1 aliphatic rings. The first-order valence-electron chi connectivity index (χ1n) is 9.41. The molecule has 3 aromatic rings. The predicted molar refractivity (Wildman–Crippen MR) is 105 cm³/mol. The summed E-state index contributed by atoms with van der Waals surface area (Å²) in [7, 11) is 0. The van der Waals surface area contributed by atoms with E-state index in [0.29, 0.717) is 12.5 Å². The van der Waals surface area contributed by atoms with E-state index in [1.54, 1.807) is 6.20 Å². The third kappa shape index (κ3) is 4.49. The molecule has 1 fully saturated rings. The van der Waals surface area contributed by atoms with Crippen molar-refractivity contribution >= 4 is 22.6 Å². The average molecular weight is 367 g/mol. The summed E-state index contributed by atoms with van der Waals surface area (Å²) in [5.41, 5.74) is 1.67. The Morgan fingerprint density at radius 3 is 2.93 bits per heavy atom. The van der Waals surface area contributed by atoms with Crippen LogP contribution in [0, 0.1) is 12.8 Å². The number of piperidine rings is 1. The molecule has 0 aliphatic carbocycles. The maximum absolute atomic E-state index is 12.2. The fraction of sp³-hybridized carbons (Fsp3) is 0.400. The number of carbonyl (C=O) groups excluding carboxylic acids is 1. The molecular formula is C20H25N5O2. The molecule has 0 atom stereocenters. The van der Waals surface area contributed by atoms with Gasteiger partial charge in [-0.2, -0.15) is 5.10 Å². The quantitative estimate of drug-likeness (QED) is 0.644. The first-order valence-corrected chi connectivity index (χ1v) is 9.41. The van der Waals surface area contributed by atoms with Crippen molar-refractivity contribution in [2.45, 2.75) is 26.3 Å². The number of amides is 2. The molecular weight excluding hydrogens is 342 g/mol. The average Bonchev–Trinajstić information content (AvgIpc) is 3.29. The lowest BCUT2D eigenvalue weighted by Gasteiger charge is -2.31. The Morgan fingerprint density at radius 2 is 2.15 bits per heavy atom. The fourth-order valence-corrected chi connectivity index (χ4v) is 3.57. The summed E-state index contributed by atoms with van der Waals surface area (Å²) in [5.74, 6) is 2.50. The van der Waals surface area contributed by atoms with Crippen molar-refractivity contribution in [3.63, 3.8) is 0 Å². The van der Waals surface area contributed by atoms with Crippen molar-refractivity contribution in [2.24, 2.45) is 5.92 Å². The van der Waals surface area contributed by atoms with E-state index in [4.69, 9.17) is 4.42 Å². The van der Waals surface area contributed by atoms with E-state index in [2.05, 4.69) is 25.7 Å². The van der Waals surface area contributed by atoms with Gasteiger partial charge in [0.1, 0.15) is 11.5 Å². The van der Waals surface area contributed by atoms with Gasteiger partial charge < -0.3 is 15.1 Å². The summed E-state index contributed by atoms with van der Waals surface area (Å²) in [4.78, 5) is 14.6. The van der Waals surface area contributed by atoms with Crippen LogP contribution in [-0.4, -0.2) is 40.8 Å². The van der Waals surface area contributed by atoms with Gasteiger partial charge in [0.15, 0.2) is 0 Å². The number of likely N-dealkylation sites (tertiary alicyclic amines) is 1. The molecule has 2 amide bonds. The number of aromatic nitrogens is 2. The van der Waals surface area contributed by atoms with E-state index in [9.17, 15) is 4.79 Å². The van der Waals surface area contributed by atoms with Gasteiger partial charge in [0.25, 0.3) is 0 Å². The van der Waals surface area contributed by atoms with Gasteiger partial charge in [-0.25, -0.2) is 4.79 Å². The largest absolute Gasteiger partial charge is 0.465 e. The number of benzene rings is 1. The third-order valence-electron chi connectivity index (χ3n) is 5.13. The van der Waals surface area contributed by atoms with Crippen LogP contribution in [0.5, 0.6) is 0 Å². The number of aryl methyl sites for hydroxylation is 1. The Morgan fingerprint density at radius 1 is 1.30 bits per heavy atom. The molecule has 2 aromatic heterocycles. The Labute approximate surface area is 158 Å². The van der Waals surface area contributed by atoms with Crippen LogP contribution in [0.1, 0.15) is 24.4 Å². The highest BCUT2D eigenvalue weighted by Crippen LogP contribution is 2.20. The molecule has 7 nitrogen and oxygen atoms in total. The molecule has 1 saturated heterocycles. The number of carbonyl (C=O) groups is 1. The Kier molecular flexibility index (Phi) is 5.11. The summed E-state index contributed by atoms with van der Waals surface area (Å²) in [5, 5.41) is 13.8. The van der Waals surface area contributed by atoms with Gasteiger partial charge in [-0.15, -0.1) is 0 Å². The van der Waals surface area contributed by atoms with E-state index >= 15 is 0 Å². The number of furan rings is 1. The summed E-state index contributed by atoms with van der Waals surface area (Å²) in [6, 6.07) is 9.60. The Bertz CT molecular complexity index is 908. The first-order chi connectivity index (χ1) is 13.2. The van der Waals surface area contributed by atoms with Crippen LogP contribution >= 0.6 is 0 Å². The molecule has 1 aromatic carbocycles. The van der Waals surface area contributed by atoms with Gasteiger partial charge in [0.2, 0.25) is 0 Å². The second-order valence-corrected chi connectivity index (χ2v) is 7.24. The van der Waals surface area contributed by atoms with Crippen LogP contribution in [0.2, 0.25) is 0 Å². The molecule has 4 rings (SSSR count). The number of urea groups is 1. The predicted octanol–water partition coefficient (Wildman–Crippen LogP) is 3.50. The number of H-pyrrole nitrogens is 1. The summed E-state index contributed by atoms with van der Waals surface area (Å²) in [6.07, 6.45) is 3.93. The number of fused-ring (bicyclic) bond motifs is 1. The highest BCUT2D eigenvalue weighted by atomic mass is 16.3. The number of nitrogens with one attached hydrogen (secondary N) is 3. The highest BCUT2D eigenvalue weighted by Gasteiger charge is 2.20. The highest BCUT2D eigenvalue weighted by molar-refractivity contribution is 5.92.